The number of amides is 1. The first-order valence-electron chi connectivity index (χ1n) is 9.33. The number of carbonyl (C=O) groups is 1. The Balaban J connectivity index is 1.75. The predicted molar refractivity (Wildman–Crippen MR) is 116 cm³/mol. The third-order valence-corrected chi connectivity index (χ3v) is 5.43. The van der Waals surface area contributed by atoms with Gasteiger partial charge in [0.15, 0.2) is 0 Å². The summed E-state index contributed by atoms with van der Waals surface area (Å²) in [6.07, 6.45) is 0. The molecule has 2 aromatic heterocycles. The zero-order valence-electron chi connectivity index (χ0n) is 15.9. The number of hydrazine groups is 1. The molecule has 0 bridgehead atoms. The smallest absolute Gasteiger partial charge is 0.295 e. The maximum absolute atomic E-state index is 13.1. The van der Waals surface area contributed by atoms with Crippen molar-refractivity contribution in [3.05, 3.63) is 92.9 Å². The molecule has 0 aliphatic heterocycles. The normalized spacial score (nSPS) is 10.8. The lowest BCUT2D eigenvalue weighted by Crippen LogP contribution is -2.39. The van der Waals surface area contributed by atoms with E-state index < -0.39 is 0 Å². The molecule has 2 heterocycles. The van der Waals surface area contributed by atoms with Gasteiger partial charge in [0.25, 0.3) is 11.5 Å². The van der Waals surface area contributed by atoms with Crippen LogP contribution in [0.25, 0.3) is 11.0 Å². The van der Waals surface area contributed by atoms with Gasteiger partial charge in [0.05, 0.1) is 17.6 Å². The summed E-state index contributed by atoms with van der Waals surface area (Å²) in [6.45, 7) is 2.75. The van der Waals surface area contributed by atoms with Gasteiger partial charge in [-0.15, -0.1) is 11.3 Å². The average molecular weight is 404 g/mol. The fraction of sp³-hybridized carbons (Fsp3) is 0.136. The Morgan fingerprint density at radius 1 is 1.07 bits per heavy atom. The van der Waals surface area contributed by atoms with E-state index in [1.807, 2.05) is 66.9 Å². The molecule has 0 saturated carbocycles. The molecule has 6 nitrogen and oxygen atoms in total. The van der Waals surface area contributed by atoms with Gasteiger partial charge in [-0.3, -0.25) is 15.0 Å². The third kappa shape index (κ3) is 3.90. The molecule has 0 aliphatic rings. The molecular formula is C22H20N4O2S. The predicted octanol–water partition coefficient (Wildman–Crippen LogP) is 4.15. The lowest BCUT2D eigenvalue weighted by molar-refractivity contribution is 0.0783. The van der Waals surface area contributed by atoms with Gasteiger partial charge in [-0.1, -0.05) is 36.4 Å². The standard InChI is InChI=1S/C22H20N4O2S/c1-2-25-19-13-7-6-12-18(19)23-20(22(25)28)24-26(15-17-11-8-14-29-17)21(27)16-9-4-3-5-10-16/h3-14H,2,15H2,1H3,(H,23,24). The topological polar surface area (TPSA) is 67.2 Å². The fourth-order valence-electron chi connectivity index (χ4n) is 3.16. The number of aryl methyl sites for hydroxylation is 1. The zero-order chi connectivity index (χ0) is 20.2. The summed E-state index contributed by atoms with van der Waals surface area (Å²) < 4.78 is 1.65. The number of aromatic nitrogens is 2. The van der Waals surface area contributed by atoms with Crippen molar-refractivity contribution < 1.29 is 4.79 Å². The molecule has 0 spiro atoms. The first kappa shape index (κ1) is 18.9. The van der Waals surface area contributed by atoms with E-state index in [9.17, 15) is 9.59 Å². The van der Waals surface area contributed by atoms with E-state index in [1.54, 1.807) is 28.0 Å². The highest BCUT2D eigenvalue weighted by atomic mass is 32.1. The largest absolute Gasteiger partial charge is 0.304 e. The van der Waals surface area contributed by atoms with Crippen LogP contribution < -0.4 is 11.0 Å². The summed E-state index contributed by atoms with van der Waals surface area (Å²) in [5.74, 6) is -0.0946. The van der Waals surface area contributed by atoms with Crippen molar-refractivity contribution in [3.63, 3.8) is 0 Å². The Bertz CT molecular complexity index is 1190. The Morgan fingerprint density at radius 2 is 1.83 bits per heavy atom. The molecule has 1 N–H and O–H groups in total. The van der Waals surface area contributed by atoms with Crippen LogP contribution in [0.3, 0.4) is 0 Å². The number of hydrogen-bond donors (Lipinski definition) is 1. The van der Waals surface area contributed by atoms with Gasteiger partial charge in [-0.2, -0.15) is 0 Å². The van der Waals surface area contributed by atoms with E-state index in [4.69, 9.17) is 0 Å². The Morgan fingerprint density at radius 3 is 2.55 bits per heavy atom. The molecule has 0 saturated heterocycles. The number of nitrogens with zero attached hydrogens (tertiary/aromatic N) is 3. The number of para-hydroxylation sites is 2. The van der Waals surface area contributed by atoms with Crippen molar-refractivity contribution in [3.8, 4) is 0 Å². The number of anilines is 1. The summed E-state index contributed by atoms with van der Waals surface area (Å²) in [6, 6.07) is 20.4. The second-order valence-corrected chi connectivity index (χ2v) is 7.48. The summed E-state index contributed by atoms with van der Waals surface area (Å²) in [7, 11) is 0. The Kier molecular flexibility index (Phi) is 5.39. The van der Waals surface area contributed by atoms with Crippen LogP contribution in [0.4, 0.5) is 5.82 Å². The maximum atomic E-state index is 13.1. The average Bonchev–Trinajstić information content (AvgIpc) is 3.27. The number of thiophene rings is 1. The molecule has 0 unspecified atom stereocenters. The van der Waals surface area contributed by atoms with E-state index in [-0.39, 0.29) is 17.3 Å². The second-order valence-electron chi connectivity index (χ2n) is 6.45. The molecule has 0 radical (unpaired) electrons. The van der Waals surface area contributed by atoms with Crippen LogP contribution in [-0.4, -0.2) is 20.5 Å². The molecule has 4 rings (SSSR count). The van der Waals surface area contributed by atoms with Crippen molar-refractivity contribution >= 4 is 34.1 Å². The molecule has 2 aromatic carbocycles. The van der Waals surface area contributed by atoms with Crippen LogP contribution in [0, 0.1) is 0 Å². The molecule has 0 atom stereocenters. The minimum Gasteiger partial charge on any atom is -0.304 e. The first-order valence-corrected chi connectivity index (χ1v) is 10.2. The van der Waals surface area contributed by atoms with E-state index in [1.165, 1.54) is 5.01 Å². The minimum atomic E-state index is -0.261. The van der Waals surface area contributed by atoms with Gasteiger partial charge in [-0.25, -0.2) is 9.99 Å². The van der Waals surface area contributed by atoms with E-state index in [2.05, 4.69) is 10.4 Å². The molecule has 146 valence electrons. The van der Waals surface area contributed by atoms with Gasteiger partial charge < -0.3 is 4.57 Å². The van der Waals surface area contributed by atoms with E-state index >= 15 is 0 Å². The summed E-state index contributed by atoms with van der Waals surface area (Å²) in [4.78, 5) is 31.6. The molecule has 29 heavy (non-hydrogen) atoms. The number of rotatable bonds is 6. The second kappa shape index (κ2) is 8.28. The van der Waals surface area contributed by atoms with Gasteiger partial charge in [-0.05, 0) is 42.6 Å². The Hall–Kier alpha value is -3.45. The lowest BCUT2D eigenvalue weighted by atomic mass is 10.2. The van der Waals surface area contributed by atoms with Crippen LogP contribution in [0.1, 0.15) is 22.2 Å². The molecule has 0 fully saturated rings. The van der Waals surface area contributed by atoms with Crippen molar-refractivity contribution in [2.75, 3.05) is 5.43 Å². The fourth-order valence-corrected chi connectivity index (χ4v) is 3.86. The minimum absolute atomic E-state index is 0.131. The van der Waals surface area contributed by atoms with Crippen LogP contribution in [0.15, 0.2) is 76.9 Å². The quantitative estimate of drug-likeness (QED) is 0.490. The van der Waals surface area contributed by atoms with Crippen LogP contribution >= 0.6 is 11.3 Å². The molecule has 4 aromatic rings. The summed E-state index contributed by atoms with van der Waals surface area (Å²) >= 11 is 1.55. The highest BCUT2D eigenvalue weighted by Crippen LogP contribution is 2.17. The molecular weight excluding hydrogens is 384 g/mol. The number of benzene rings is 2. The van der Waals surface area contributed by atoms with E-state index in [0.717, 1.165) is 10.4 Å². The number of hydrogen-bond acceptors (Lipinski definition) is 5. The van der Waals surface area contributed by atoms with E-state index in [0.29, 0.717) is 24.2 Å². The van der Waals surface area contributed by atoms with Crippen LogP contribution in [0.2, 0.25) is 0 Å². The molecule has 0 aliphatic carbocycles. The van der Waals surface area contributed by atoms with Crippen LogP contribution in [0.5, 0.6) is 0 Å². The van der Waals surface area contributed by atoms with Crippen molar-refractivity contribution in [2.45, 2.75) is 20.0 Å². The molecule has 7 heteroatoms. The highest BCUT2D eigenvalue weighted by Gasteiger charge is 2.20. The molecule has 1 amide bonds. The number of carbonyl (C=O) groups excluding carboxylic acids is 1. The number of fused-ring (bicyclic) bond motifs is 1. The van der Waals surface area contributed by atoms with Crippen molar-refractivity contribution in [2.24, 2.45) is 0 Å². The maximum Gasteiger partial charge on any atom is 0.295 e. The Labute approximate surface area is 172 Å². The third-order valence-electron chi connectivity index (χ3n) is 4.57. The van der Waals surface area contributed by atoms with Gasteiger partial charge in [0.1, 0.15) is 0 Å². The van der Waals surface area contributed by atoms with Gasteiger partial charge >= 0.3 is 0 Å². The SMILES string of the molecule is CCn1c(=O)c(NN(Cc2cccs2)C(=O)c2ccccc2)nc2ccccc21. The monoisotopic (exact) mass is 404 g/mol. The highest BCUT2D eigenvalue weighted by molar-refractivity contribution is 7.09. The number of nitrogens with one attached hydrogen (secondary N) is 1. The van der Waals surface area contributed by atoms with Gasteiger partial charge in [0.2, 0.25) is 5.82 Å². The van der Waals surface area contributed by atoms with Crippen molar-refractivity contribution in [1.29, 1.82) is 0 Å². The van der Waals surface area contributed by atoms with Crippen molar-refractivity contribution in [1.82, 2.24) is 14.6 Å². The first-order chi connectivity index (χ1) is 14.2. The lowest BCUT2D eigenvalue weighted by Gasteiger charge is -2.24. The summed E-state index contributed by atoms with van der Waals surface area (Å²) in [5, 5.41) is 3.40. The van der Waals surface area contributed by atoms with Gasteiger partial charge in [0, 0.05) is 17.0 Å². The zero-order valence-corrected chi connectivity index (χ0v) is 16.7. The van der Waals surface area contributed by atoms with Crippen LogP contribution in [-0.2, 0) is 13.1 Å². The summed E-state index contributed by atoms with van der Waals surface area (Å²) in [5.41, 5.74) is 4.73.